The van der Waals surface area contributed by atoms with Gasteiger partial charge in [-0.15, -0.1) is 23.4 Å². The van der Waals surface area contributed by atoms with Gasteiger partial charge in [0, 0.05) is 37.8 Å². The molecule has 21 heavy (non-hydrogen) atoms. The van der Waals surface area contributed by atoms with Crippen molar-refractivity contribution in [1.29, 1.82) is 0 Å². The van der Waals surface area contributed by atoms with E-state index in [1.165, 1.54) is 0 Å². The van der Waals surface area contributed by atoms with Crippen LogP contribution in [0.1, 0.15) is 38.5 Å². The molecule has 0 spiro atoms. The average molecular weight is 314 g/mol. The third kappa shape index (κ3) is 5.50. The highest BCUT2D eigenvalue weighted by Gasteiger charge is 2.34. The normalized spacial score (nSPS) is 28.8. The van der Waals surface area contributed by atoms with E-state index in [1.807, 2.05) is 0 Å². The van der Waals surface area contributed by atoms with E-state index in [4.69, 9.17) is 21.1 Å². The van der Waals surface area contributed by atoms with Crippen molar-refractivity contribution in [3.63, 3.8) is 0 Å². The van der Waals surface area contributed by atoms with Gasteiger partial charge in [-0.25, -0.2) is 0 Å². The van der Waals surface area contributed by atoms with Gasteiger partial charge in [-0.3, -0.25) is 4.79 Å². The van der Waals surface area contributed by atoms with Crippen molar-refractivity contribution in [2.45, 2.75) is 44.8 Å². The number of rotatable bonds is 6. The van der Waals surface area contributed by atoms with E-state index in [0.717, 1.165) is 38.7 Å². The quantitative estimate of drug-likeness (QED) is 0.465. The van der Waals surface area contributed by atoms with Gasteiger partial charge in [0.1, 0.15) is 0 Å². The van der Waals surface area contributed by atoms with Crippen molar-refractivity contribution in [1.82, 2.24) is 5.32 Å². The molecular formula is C16H24ClNO3. The SMILES string of the molecule is O=C1NCC(COC2CCCCO2)C1CC#CCCCCl. The maximum Gasteiger partial charge on any atom is 0.224 e. The Labute approximate surface area is 131 Å². The lowest BCUT2D eigenvalue weighted by molar-refractivity contribution is -0.170. The molecule has 5 heteroatoms. The molecular weight excluding hydrogens is 290 g/mol. The zero-order valence-electron chi connectivity index (χ0n) is 12.4. The minimum Gasteiger partial charge on any atom is -0.355 e. The highest BCUT2D eigenvalue weighted by atomic mass is 35.5. The van der Waals surface area contributed by atoms with Crippen LogP contribution in [0.15, 0.2) is 0 Å². The second-order valence-electron chi connectivity index (χ2n) is 5.59. The van der Waals surface area contributed by atoms with Gasteiger partial charge in [0.05, 0.1) is 12.5 Å². The van der Waals surface area contributed by atoms with Crippen LogP contribution in [0, 0.1) is 23.7 Å². The number of hydrogen-bond acceptors (Lipinski definition) is 3. The van der Waals surface area contributed by atoms with Crippen molar-refractivity contribution < 1.29 is 14.3 Å². The second-order valence-corrected chi connectivity index (χ2v) is 5.97. The number of alkyl halides is 1. The molecule has 2 aliphatic heterocycles. The molecule has 0 bridgehead atoms. The summed E-state index contributed by atoms with van der Waals surface area (Å²) in [5.74, 6) is 7.06. The maximum atomic E-state index is 11.9. The molecule has 3 atom stereocenters. The largest absolute Gasteiger partial charge is 0.355 e. The van der Waals surface area contributed by atoms with Crippen molar-refractivity contribution in [3.05, 3.63) is 0 Å². The van der Waals surface area contributed by atoms with Gasteiger partial charge < -0.3 is 14.8 Å². The van der Waals surface area contributed by atoms with Crippen LogP contribution in [0.3, 0.4) is 0 Å². The van der Waals surface area contributed by atoms with Crippen molar-refractivity contribution in [3.8, 4) is 11.8 Å². The summed E-state index contributed by atoms with van der Waals surface area (Å²) >= 11 is 5.61. The number of ether oxygens (including phenoxy) is 2. The Balaban J connectivity index is 1.74. The molecule has 2 rings (SSSR count). The summed E-state index contributed by atoms with van der Waals surface area (Å²) < 4.78 is 11.4. The molecule has 0 aromatic rings. The zero-order valence-corrected chi connectivity index (χ0v) is 13.2. The molecule has 118 valence electrons. The summed E-state index contributed by atoms with van der Waals surface area (Å²) in [5.41, 5.74) is 0. The lowest BCUT2D eigenvalue weighted by Gasteiger charge is -2.25. The van der Waals surface area contributed by atoms with Crippen LogP contribution in [-0.4, -0.2) is 37.8 Å². The number of carbonyl (C=O) groups is 1. The fourth-order valence-electron chi connectivity index (χ4n) is 2.65. The Morgan fingerprint density at radius 1 is 1.38 bits per heavy atom. The molecule has 3 unspecified atom stereocenters. The molecule has 0 radical (unpaired) electrons. The number of amides is 1. The lowest BCUT2D eigenvalue weighted by Crippen LogP contribution is -2.27. The first-order valence-electron chi connectivity index (χ1n) is 7.84. The molecule has 4 nitrogen and oxygen atoms in total. The number of halogens is 1. The van der Waals surface area contributed by atoms with E-state index >= 15 is 0 Å². The van der Waals surface area contributed by atoms with Gasteiger partial charge in [0.25, 0.3) is 0 Å². The first-order chi connectivity index (χ1) is 10.3. The smallest absolute Gasteiger partial charge is 0.224 e. The Bertz CT molecular complexity index is 385. The fraction of sp³-hybridized carbons (Fsp3) is 0.812. The van der Waals surface area contributed by atoms with Crippen LogP contribution in [0.4, 0.5) is 0 Å². The second kappa shape index (κ2) is 9.30. The van der Waals surface area contributed by atoms with Crippen molar-refractivity contribution in [2.75, 3.05) is 25.6 Å². The van der Waals surface area contributed by atoms with Gasteiger partial charge in [0.2, 0.25) is 5.91 Å². The third-order valence-electron chi connectivity index (χ3n) is 3.96. The van der Waals surface area contributed by atoms with Crippen LogP contribution in [0.5, 0.6) is 0 Å². The molecule has 2 aliphatic rings. The molecule has 2 saturated heterocycles. The molecule has 1 amide bonds. The molecule has 2 fully saturated rings. The number of carbonyl (C=O) groups excluding carboxylic acids is 1. The van der Waals surface area contributed by atoms with E-state index in [1.54, 1.807) is 0 Å². The predicted molar refractivity (Wildman–Crippen MR) is 81.9 cm³/mol. The van der Waals surface area contributed by atoms with Crippen LogP contribution in [0.25, 0.3) is 0 Å². The van der Waals surface area contributed by atoms with E-state index in [-0.39, 0.29) is 24.0 Å². The van der Waals surface area contributed by atoms with Gasteiger partial charge in [0.15, 0.2) is 6.29 Å². The molecule has 2 heterocycles. The first kappa shape index (κ1) is 16.6. The number of hydrogen-bond donors (Lipinski definition) is 1. The van der Waals surface area contributed by atoms with E-state index in [0.29, 0.717) is 25.5 Å². The average Bonchev–Trinajstić information content (AvgIpc) is 2.87. The van der Waals surface area contributed by atoms with Gasteiger partial charge in [-0.05, 0) is 25.7 Å². The van der Waals surface area contributed by atoms with E-state index in [9.17, 15) is 4.79 Å². The third-order valence-corrected chi connectivity index (χ3v) is 4.23. The molecule has 0 saturated carbocycles. The minimum atomic E-state index is -0.0927. The van der Waals surface area contributed by atoms with Gasteiger partial charge >= 0.3 is 0 Å². The monoisotopic (exact) mass is 313 g/mol. The summed E-state index contributed by atoms with van der Waals surface area (Å²) in [6, 6.07) is 0. The summed E-state index contributed by atoms with van der Waals surface area (Å²) in [5, 5.41) is 2.91. The summed E-state index contributed by atoms with van der Waals surface area (Å²) in [7, 11) is 0. The standard InChI is InChI=1S/C16H24ClNO3/c17-9-5-2-1-3-7-14-13(11-18-16(14)19)12-21-15-8-4-6-10-20-15/h13-15H,2,4-12H2,(H,18,19). The van der Waals surface area contributed by atoms with Crippen molar-refractivity contribution >= 4 is 17.5 Å². The molecule has 0 aliphatic carbocycles. The number of unbranched alkanes of at least 4 members (excludes halogenated alkanes) is 1. The first-order valence-corrected chi connectivity index (χ1v) is 8.37. The zero-order chi connectivity index (χ0) is 14.9. The lowest BCUT2D eigenvalue weighted by atomic mass is 9.93. The topological polar surface area (TPSA) is 47.6 Å². The van der Waals surface area contributed by atoms with E-state index < -0.39 is 0 Å². The van der Waals surface area contributed by atoms with E-state index in [2.05, 4.69) is 17.2 Å². The Hall–Kier alpha value is -0.760. The maximum absolute atomic E-state index is 11.9. The van der Waals surface area contributed by atoms with Crippen LogP contribution < -0.4 is 5.32 Å². The Kier molecular flexibility index (Phi) is 7.35. The van der Waals surface area contributed by atoms with Gasteiger partial charge in [-0.2, -0.15) is 0 Å². The fourth-order valence-corrected chi connectivity index (χ4v) is 2.79. The molecule has 0 aromatic heterocycles. The highest BCUT2D eigenvalue weighted by Crippen LogP contribution is 2.23. The highest BCUT2D eigenvalue weighted by molar-refractivity contribution is 6.17. The summed E-state index contributed by atoms with van der Waals surface area (Å²) in [4.78, 5) is 11.9. The van der Waals surface area contributed by atoms with Crippen molar-refractivity contribution in [2.24, 2.45) is 11.8 Å². The van der Waals surface area contributed by atoms with Crippen LogP contribution in [0.2, 0.25) is 0 Å². The minimum absolute atomic E-state index is 0.0582. The van der Waals surface area contributed by atoms with Gasteiger partial charge in [-0.1, -0.05) is 0 Å². The molecule has 0 aromatic carbocycles. The summed E-state index contributed by atoms with van der Waals surface area (Å²) in [6.07, 6.45) is 5.44. The van der Waals surface area contributed by atoms with Crippen LogP contribution >= 0.6 is 11.6 Å². The van der Waals surface area contributed by atoms with Crippen LogP contribution in [-0.2, 0) is 14.3 Å². The summed E-state index contributed by atoms with van der Waals surface area (Å²) in [6.45, 7) is 2.03. The number of nitrogens with one attached hydrogen (secondary N) is 1. The predicted octanol–water partition coefficient (Wildman–Crippen LogP) is 2.30. The molecule has 1 N–H and O–H groups in total. The Morgan fingerprint density at radius 3 is 3.05 bits per heavy atom. The Morgan fingerprint density at radius 2 is 2.29 bits per heavy atom.